The predicted octanol–water partition coefficient (Wildman–Crippen LogP) is 2.30. The standard InChI is InChI=1S/C13H13ClN2O2S/c14-7-1-4-9(15)10(5-7)19-11-6-12(17)16(13(11)18)8-2-3-8/h1,4-5,8,11H,2-3,6,15H2. The molecule has 4 nitrogen and oxygen atoms in total. The summed E-state index contributed by atoms with van der Waals surface area (Å²) in [5, 5.41) is 0.210. The van der Waals surface area contributed by atoms with Crippen LogP contribution in [0.4, 0.5) is 5.69 Å². The summed E-state index contributed by atoms with van der Waals surface area (Å²) in [6, 6.07) is 5.30. The molecule has 1 aromatic carbocycles. The Morgan fingerprint density at radius 2 is 2.05 bits per heavy atom. The van der Waals surface area contributed by atoms with Crippen LogP contribution in [0.2, 0.25) is 5.02 Å². The summed E-state index contributed by atoms with van der Waals surface area (Å²) in [6.45, 7) is 0. The van der Waals surface area contributed by atoms with Crippen molar-refractivity contribution in [3.63, 3.8) is 0 Å². The molecule has 2 amide bonds. The molecule has 0 bridgehead atoms. The predicted molar refractivity (Wildman–Crippen MR) is 75.0 cm³/mol. The van der Waals surface area contributed by atoms with E-state index in [2.05, 4.69) is 0 Å². The van der Waals surface area contributed by atoms with Crippen molar-refractivity contribution >= 4 is 40.9 Å². The second-order valence-electron chi connectivity index (χ2n) is 4.83. The fourth-order valence-electron chi connectivity index (χ4n) is 2.19. The third kappa shape index (κ3) is 2.44. The SMILES string of the molecule is Nc1ccc(Cl)cc1SC1CC(=O)N(C2CC2)C1=O. The Hall–Kier alpha value is -1.20. The van der Waals surface area contributed by atoms with Crippen LogP contribution in [-0.4, -0.2) is 28.0 Å². The molecule has 1 aliphatic carbocycles. The van der Waals surface area contributed by atoms with Crippen LogP contribution in [0.15, 0.2) is 23.1 Å². The minimum Gasteiger partial charge on any atom is -0.398 e. The van der Waals surface area contributed by atoms with Crippen LogP contribution in [0.1, 0.15) is 19.3 Å². The number of carbonyl (C=O) groups is 2. The average molecular weight is 297 g/mol. The molecule has 2 fully saturated rings. The monoisotopic (exact) mass is 296 g/mol. The summed E-state index contributed by atoms with van der Waals surface area (Å²) in [5.74, 6) is -0.150. The van der Waals surface area contributed by atoms with Gasteiger partial charge in [-0.3, -0.25) is 14.5 Å². The van der Waals surface area contributed by atoms with Crippen molar-refractivity contribution in [1.29, 1.82) is 0 Å². The molecule has 1 heterocycles. The Labute approximate surface area is 120 Å². The maximum atomic E-state index is 12.2. The molecule has 0 spiro atoms. The number of likely N-dealkylation sites (tertiary alicyclic amines) is 1. The molecule has 3 rings (SSSR count). The van der Waals surface area contributed by atoms with Gasteiger partial charge in [0.15, 0.2) is 0 Å². The highest BCUT2D eigenvalue weighted by atomic mass is 35.5. The maximum Gasteiger partial charge on any atom is 0.243 e. The molecule has 1 aliphatic heterocycles. The average Bonchev–Trinajstić information content (AvgIpc) is 3.13. The van der Waals surface area contributed by atoms with Gasteiger partial charge in [0.1, 0.15) is 0 Å². The molecule has 0 radical (unpaired) electrons. The Balaban J connectivity index is 1.78. The second-order valence-corrected chi connectivity index (χ2v) is 6.51. The number of hydrogen-bond donors (Lipinski definition) is 1. The summed E-state index contributed by atoms with van der Waals surface area (Å²) in [4.78, 5) is 26.3. The van der Waals surface area contributed by atoms with E-state index >= 15 is 0 Å². The van der Waals surface area contributed by atoms with Gasteiger partial charge in [0.05, 0.1) is 5.25 Å². The van der Waals surface area contributed by atoms with Gasteiger partial charge >= 0.3 is 0 Å². The first kappa shape index (κ1) is 12.8. The summed E-state index contributed by atoms with van der Waals surface area (Å²) in [7, 11) is 0. The van der Waals surface area contributed by atoms with E-state index in [0.29, 0.717) is 10.7 Å². The Bertz CT molecular complexity index is 560. The van der Waals surface area contributed by atoms with Gasteiger partial charge in [-0.2, -0.15) is 0 Å². The van der Waals surface area contributed by atoms with Crippen molar-refractivity contribution in [2.45, 2.75) is 35.4 Å². The highest BCUT2D eigenvalue weighted by molar-refractivity contribution is 8.00. The number of thioether (sulfide) groups is 1. The maximum absolute atomic E-state index is 12.2. The number of carbonyl (C=O) groups excluding carboxylic acids is 2. The zero-order valence-corrected chi connectivity index (χ0v) is 11.7. The van der Waals surface area contributed by atoms with E-state index in [1.807, 2.05) is 0 Å². The molecular formula is C13H13ClN2O2S. The van der Waals surface area contributed by atoms with Gasteiger partial charge in [-0.25, -0.2) is 0 Å². The molecule has 2 aliphatic rings. The number of imide groups is 1. The largest absolute Gasteiger partial charge is 0.398 e. The van der Waals surface area contributed by atoms with E-state index < -0.39 is 0 Å². The van der Waals surface area contributed by atoms with E-state index in [-0.39, 0.29) is 29.5 Å². The highest BCUT2D eigenvalue weighted by Gasteiger charge is 2.46. The molecule has 2 N–H and O–H groups in total. The van der Waals surface area contributed by atoms with Crippen LogP contribution in [0.5, 0.6) is 0 Å². The Morgan fingerprint density at radius 1 is 1.32 bits per heavy atom. The van der Waals surface area contributed by atoms with Gasteiger partial charge in [-0.1, -0.05) is 11.6 Å². The minimum atomic E-state index is -0.367. The molecule has 1 saturated carbocycles. The number of amides is 2. The number of hydrogen-bond acceptors (Lipinski definition) is 4. The summed E-state index contributed by atoms with van der Waals surface area (Å²) in [5.41, 5.74) is 6.45. The first-order valence-corrected chi connectivity index (χ1v) is 7.39. The molecular weight excluding hydrogens is 284 g/mol. The van der Waals surface area contributed by atoms with Crippen LogP contribution in [0.3, 0.4) is 0 Å². The van der Waals surface area contributed by atoms with Crippen LogP contribution >= 0.6 is 23.4 Å². The Kier molecular flexibility index (Phi) is 3.19. The number of nitrogens with two attached hydrogens (primary N) is 1. The lowest BCUT2D eigenvalue weighted by molar-refractivity contribution is -0.138. The first-order chi connectivity index (χ1) is 9.06. The van der Waals surface area contributed by atoms with E-state index in [9.17, 15) is 9.59 Å². The summed E-state index contributed by atoms with van der Waals surface area (Å²) in [6.07, 6.45) is 2.13. The zero-order valence-electron chi connectivity index (χ0n) is 10.1. The van der Waals surface area contributed by atoms with E-state index in [4.69, 9.17) is 17.3 Å². The van der Waals surface area contributed by atoms with E-state index in [1.165, 1.54) is 16.7 Å². The van der Waals surface area contributed by atoms with Crippen molar-refractivity contribution in [3.8, 4) is 0 Å². The van der Waals surface area contributed by atoms with E-state index in [1.54, 1.807) is 18.2 Å². The van der Waals surface area contributed by atoms with Gasteiger partial charge in [0.25, 0.3) is 0 Å². The zero-order chi connectivity index (χ0) is 13.6. The first-order valence-electron chi connectivity index (χ1n) is 6.14. The second kappa shape index (κ2) is 4.72. The molecule has 1 atom stereocenters. The highest BCUT2D eigenvalue weighted by Crippen LogP contribution is 2.39. The molecule has 1 aromatic rings. The van der Waals surface area contributed by atoms with Gasteiger partial charge in [0.2, 0.25) is 11.8 Å². The van der Waals surface area contributed by atoms with Crippen LogP contribution < -0.4 is 5.73 Å². The number of nitrogen functional groups attached to an aromatic ring is 1. The topological polar surface area (TPSA) is 63.4 Å². The van der Waals surface area contributed by atoms with Crippen LogP contribution in [-0.2, 0) is 9.59 Å². The van der Waals surface area contributed by atoms with Crippen molar-refractivity contribution in [2.24, 2.45) is 0 Å². The van der Waals surface area contributed by atoms with Gasteiger partial charge < -0.3 is 5.73 Å². The number of nitrogens with zero attached hydrogens (tertiary/aromatic N) is 1. The van der Waals surface area contributed by atoms with Crippen molar-refractivity contribution in [2.75, 3.05) is 5.73 Å². The third-order valence-electron chi connectivity index (χ3n) is 3.30. The molecule has 1 unspecified atom stereocenters. The number of rotatable bonds is 3. The summed E-state index contributed by atoms with van der Waals surface area (Å²) < 4.78 is 0. The number of benzene rings is 1. The van der Waals surface area contributed by atoms with Crippen molar-refractivity contribution in [3.05, 3.63) is 23.2 Å². The lowest BCUT2D eigenvalue weighted by atomic mass is 10.3. The van der Waals surface area contributed by atoms with E-state index in [0.717, 1.165) is 17.7 Å². The molecule has 0 aromatic heterocycles. The van der Waals surface area contributed by atoms with Crippen molar-refractivity contribution in [1.82, 2.24) is 4.90 Å². The fourth-order valence-corrected chi connectivity index (χ4v) is 3.58. The normalized spacial score (nSPS) is 23.2. The van der Waals surface area contributed by atoms with Crippen LogP contribution in [0.25, 0.3) is 0 Å². The lowest BCUT2D eigenvalue weighted by Gasteiger charge is -2.14. The quantitative estimate of drug-likeness (QED) is 0.687. The molecule has 1 saturated heterocycles. The molecule has 100 valence electrons. The Morgan fingerprint density at radius 3 is 2.74 bits per heavy atom. The van der Waals surface area contributed by atoms with Gasteiger partial charge in [0, 0.05) is 28.1 Å². The number of anilines is 1. The number of halogens is 1. The van der Waals surface area contributed by atoms with Crippen molar-refractivity contribution < 1.29 is 9.59 Å². The molecule has 6 heteroatoms. The fraction of sp³-hybridized carbons (Fsp3) is 0.385. The summed E-state index contributed by atoms with van der Waals surface area (Å²) >= 11 is 7.26. The lowest BCUT2D eigenvalue weighted by Crippen LogP contribution is -2.33. The van der Waals surface area contributed by atoms with Crippen LogP contribution in [0, 0.1) is 0 Å². The minimum absolute atomic E-state index is 0.0643. The van der Waals surface area contributed by atoms with Gasteiger partial charge in [-0.05, 0) is 31.0 Å². The smallest absolute Gasteiger partial charge is 0.243 e. The van der Waals surface area contributed by atoms with Gasteiger partial charge in [-0.15, -0.1) is 11.8 Å². The molecule has 19 heavy (non-hydrogen) atoms. The third-order valence-corrected chi connectivity index (χ3v) is 4.79.